The minimum absolute atomic E-state index is 0.133. The minimum Gasteiger partial charge on any atom is -0.466 e. The van der Waals surface area contributed by atoms with Gasteiger partial charge in [-0.15, -0.1) is 0 Å². The number of hydrogen-bond acceptors (Lipinski definition) is 6. The first-order chi connectivity index (χ1) is 16.0. The highest BCUT2D eigenvalue weighted by molar-refractivity contribution is 6.07. The van der Waals surface area contributed by atoms with E-state index in [1.165, 1.54) is 19.8 Å². The Hall–Kier alpha value is -3.22. The van der Waals surface area contributed by atoms with Gasteiger partial charge in [0.25, 0.3) is 0 Å². The SMILES string of the molecule is COC(=O)C1=C(C(=O)OC)[C@]2(c3ccccc3)O[C@@]1(C)C1=C2[C@H]2Cc3ccccc3[C@@H](C1)O2. The van der Waals surface area contributed by atoms with Crippen LogP contribution in [0.4, 0.5) is 0 Å². The molecule has 4 aliphatic heterocycles. The van der Waals surface area contributed by atoms with Gasteiger partial charge in [0.2, 0.25) is 0 Å². The Bertz CT molecular complexity index is 1260. The van der Waals surface area contributed by atoms with Crippen molar-refractivity contribution >= 4 is 11.9 Å². The van der Waals surface area contributed by atoms with Gasteiger partial charge in [-0.05, 0) is 29.2 Å². The van der Waals surface area contributed by atoms with E-state index in [1.54, 1.807) is 0 Å². The van der Waals surface area contributed by atoms with Crippen molar-refractivity contribution in [1.29, 1.82) is 0 Å². The van der Waals surface area contributed by atoms with E-state index in [-0.39, 0.29) is 23.4 Å². The molecule has 168 valence electrons. The Kier molecular flexibility index (Phi) is 4.26. The maximum Gasteiger partial charge on any atom is 0.338 e. The molecule has 4 bridgehead atoms. The zero-order valence-corrected chi connectivity index (χ0v) is 18.7. The van der Waals surface area contributed by atoms with Crippen LogP contribution in [0.5, 0.6) is 0 Å². The number of esters is 2. The van der Waals surface area contributed by atoms with E-state index in [0.29, 0.717) is 12.8 Å². The van der Waals surface area contributed by atoms with E-state index in [0.717, 1.165) is 22.3 Å². The molecule has 4 heterocycles. The number of methoxy groups -OCH3 is 2. The predicted octanol–water partition coefficient (Wildman–Crippen LogP) is 3.71. The molecule has 0 unspecified atom stereocenters. The number of hydrogen-bond donors (Lipinski definition) is 0. The molecule has 0 amide bonds. The normalized spacial score (nSPS) is 31.2. The molecular formula is C27H24O6. The summed E-state index contributed by atoms with van der Waals surface area (Å²) in [5.74, 6) is -1.19. The van der Waals surface area contributed by atoms with Crippen LogP contribution in [-0.2, 0) is 40.6 Å². The summed E-state index contributed by atoms with van der Waals surface area (Å²) in [6.07, 6.45) is 0.825. The van der Waals surface area contributed by atoms with Gasteiger partial charge in [0, 0.05) is 18.4 Å². The first kappa shape index (κ1) is 20.4. The predicted molar refractivity (Wildman–Crippen MR) is 118 cm³/mol. The van der Waals surface area contributed by atoms with Crippen molar-refractivity contribution in [3.63, 3.8) is 0 Å². The molecule has 4 atom stereocenters. The van der Waals surface area contributed by atoms with Crippen molar-refractivity contribution in [3.8, 4) is 0 Å². The molecule has 0 aromatic heterocycles. The Labute approximate surface area is 191 Å². The van der Waals surface area contributed by atoms with Crippen LogP contribution in [0.2, 0.25) is 0 Å². The number of benzene rings is 2. The summed E-state index contributed by atoms with van der Waals surface area (Å²) in [7, 11) is 2.63. The zero-order chi connectivity index (χ0) is 23.0. The molecular weight excluding hydrogens is 420 g/mol. The lowest BCUT2D eigenvalue weighted by atomic mass is 9.64. The second-order valence-corrected chi connectivity index (χ2v) is 9.03. The van der Waals surface area contributed by atoms with Crippen molar-refractivity contribution < 1.29 is 28.5 Å². The Morgan fingerprint density at radius 1 is 0.879 bits per heavy atom. The van der Waals surface area contributed by atoms with E-state index in [1.807, 2.05) is 49.4 Å². The van der Waals surface area contributed by atoms with E-state index in [4.69, 9.17) is 18.9 Å². The molecule has 6 heteroatoms. The summed E-state index contributed by atoms with van der Waals surface area (Å²) in [6.45, 7) is 1.86. The molecule has 0 fully saturated rings. The fraction of sp³-hybridized carbons (Fsp3) is 0.333. The lowest BCUT2D eigenvalue weighted by molar-refractivity contribution is -0.140. The number of ether oxygens (including phenoxy) is 4. The Morgan fingerprint density at radius 3 is 2.27 bits per heavy atom. The fourth-order valence-electron chi connectivity index (χ4n) is 6.27. The molecule has 0 spiro atoms. The van der Waals surface area contributed by atoms with Crippen LogP contribution in [0.15, 0.2) is 76.9 Å². The lowest BCUT2D eigenvalue weighted by Gasteiger charge is -2.44. The molecule has 33 heavy (non-hydrogen) atoms. The molecule has 2 aromatic rings. The number of carbonyl (C=O) groups excluding carboxylic acids is 2. The van der Waals surface area contributed by atoms with E-state index < -0.39 is 23.1 Å². The third-order valence-corrected chi connectivity index (χ3v) is 7.52. The maximum atomic E-state index is 13.3. The Balaban J connectivity index is 1.65. The van der Waals surface area contributed by atoms with Crippen molar-refractivity contribution in [3.05, 3.63) is 93.6 Å². The van der Waals surface area contributed by atoms with Crippen LogP contribution in [0, 0.1) is 0 Å². The third-order valence-electron chi connectivity index (χ3n) is 7.52. The molecule has 0 saturated carbocycles. The highest BCUT2D eigenvalue weighted by Gasteiger charge is 2.70. The monoisotopic (exact) mass is 444 g/mol. The Morgan fingerprint density at radius 2 is 1.55 bits per heavy atom. The first-order valence-electron chi connectivity index (χ1n) is 11.1. The maximum absolute atomic E-state index is 13.3. The van der Waals surface area contributed by atoms with Gasteiger partial charge in [0.1, 0.15) is 5.60 Å². The van der Waals surface area contributed by atoms with E-state index >= 15 is 0 Å². The highest BCUT2D eigenvalue weighted by Crippen LogP contribution is 2.67. The van der Waals surface area contributed by atoms with Crippen LogP contribution < -0.4 is 0 Å². The highest BCUT2D eigenvalue weighted by atomic mass is 16.6. The summed E-state index contributed by atoms with van der Waals surface area (Å²) >= 11 is 0. The molecule has 6 rings (SSSR count). The fourth-order valence-corrected chi connectivity index (χ4v) is 6.27. The van der Waals surface area contributed by atoms with Gasteiger partial charge in [-0.3, -0.25) is 0 Å². The average Bonchev–Trinajstić information content (AvgIpc) is 3.29. The second kappa shape index (κ2) is 6.89. The van der Waals surface area contributed by atoms with Crippen molar-refractivity contribution in [2.24, 2.45) is 0 Å². The quantitative estimate of drug-likeness (QED) is 0.531. The first-order valence-corrected chi connectivity index (χ1v) is 11.1. The van der Waals surface area contributed by atoms with Gasteiger partial charge in [0.05, 0.1) is 37.6 Å². The van der Waals surface area contributed by atoms with Crippen LogP contribution in [-0.4, -0.2) is 37.9 Å². The molecule has 2 aromatic carbocycles. The second-order valence-electron chi connectivity index (χ2n) is 9.03. The van der Waals surface area contributed by atoms with Crippen LogP contribution in [0.1, 0.15) is 36.1 Å². The van der Waals surface area contributed by atoms with Gasteiger partial charge in [0.15, 0.2) is 5.60 Å². The van der Waals surface area contributed by atoms with Crippen molar-refractivity contribution in [2.75, 3.05) is 14.2 Å². The summed E-state index contributed by atoms with van der Waals surface area (Å²) in [4.78, 5) is 26.4. The van der Waals surface area contributed by atoms with Crippen LogP contribution in [0.25, 0.3) is 0 Å². The van der Waals surface area contributed by atoms with Gasteiger partial charge < -0.3 is 18.9 Å². The molecule has 0 radical (unpaired) electrons. The molecule has 4 aliphatic rings. The van der Waals surface area contributed by atoms with Gasteiger partial charge in [-0.25, -0.2) is 9.59 Å². The summed E-state index contributed by atoms with van der Waals surface area (Å²) < 4.78 is 23.7. The molecule has 6 nitrogen and oxygen atoms in total. The number of rotatable bonds is 3. The standard InChI is InChI=1S/C27H24O6/c1-26-18-14-19-17-12-8-7-9-15(17)13-20(32-19)21(18)27(33-26,16-10-5-4-6-11-16)23(25(29)31-3)22(26)24(28)30-2/h4-12,19-20H,13-14H2,1-3H3/t19-,20-,26+,27-/m1/s1. The minimum atomic E-state index is -1.27. The molecule has 0 N–H and O–H groups in total. The topological polar surface area (TPSA) is 71.1 Å². The van der Waals surface area contributed by atoms with Gasteiger partial charge in [-0.2, -0.15) is 0 Å². The van der Waals surface area contributed by atoms with Crippen LogP contribution >= 0.6 is 0 Å². The van der Waals surface area contributed by atoms with Crippen molar-refractivity contribution in [1.82, 2.24) is 0 Å². The van der Waals surface area contributed by atoms with E-state index in [9.17, 15) is 9.59 Å². The lowest BCUT2D eigenvalue weighted by Crippen LogP contribution is -2.45. The molecule has 0 saturated heterocycles. The summed E-state index contributed by atoms with van der Waals surface area (Å²) in [5, 5.41) is 0. The summed E-state index contributed by atoms with van der Waals surface area (Å²) in [5.41, 5.74) is 3.08. The smallest absolute Gasteiger partial charge is 0.338 e. The average molecular weight is 444 g/mol. The number of carbonyl (C=O) groups is 2. The number of fused-ring (bicyclic) bond motifs is 9. The molecule has 0 aliphatic carbocycles. The third kappa shape index (κ3) is 2.45. The van der Waals surface area contributed by atoms with Crippen LogP contribution in [0.3, 0.4) is 0 Å². The van der Waals surface area contributed by atoms with E-state index in [2.05, 4.69) is 12.1 Å². The van der Waals surface area contributed by atoms with Crippen molar-refractivity contribution in [2.45, 2.75) is 43.2 Å². The summed E-state index contributed by atoms with van der Waals surface area (Å²) in [6, 6.07) is 17.8. The van der Waals surface area contributed by atoms with Gasteiger partial charge >= 0.3 is 11.9 Å². The largest absolute Gasteiger partial charge is 0.466 e. The van der Waals surface area contributed by atoms with Gasteiger partial charge in [-0.1, -0.05) is 54.6 Å². The zero-order valence-electron chi connectivity index (χ0n) is 18.7.